The van der Waals surface area contributed by atoms with Crippen molar-refractivity contribution in [1.82, 2.24) is 8.52 Å². The predicted octanol–water partition coefficient (Wildman–Crippen LogP) is 2.90. The van der Waals surface area contributed by atoms with Gasteiger partial charge in [0.1, 0.15) is 5.69 Å². The molecule has 1 heterocycles. The maximum atomic E-state index is 13.5. The number of nitrogens with one attached hydrogen (secondary N) is 1. The third-order valence-corrected chi connectivity index (χ3v) is 5.84. The Bertz CT molecular complexity index is 1500. The number of para-hydroxylation sites is 2. The van der Waals surface area contributed by atoms with Crippen molar-refractivity contribution in [2.24, 2.45) is 4.99 Å². The Morgan fingerprint density at radius 3 is 1.92 bits per heavy atom. The molecular formula is C21H16N7O8S-3. The van der Waals surface area contributed by atoms with Crippen LogP contribution >= 0.6 is 11.5 Å². The first-order chi connectivity index (χ1) is 17.7. The van der Waals surface area contributed by atoms with Gasteiger partial charge in [-0.3, -0.25) is 15.6 Å². The molecule has 192 valence electrons. The fourth-order valence-electron chi connectivity index (χ4n) is 3.30. The number of hydrogen-bond donors (Lipinski definition) is 4. The van der Waals surface area contributed by atoms with Gasteiger partial charge in [0.15, 0.2) is 0 Å². The second kappa shape index (κ2) is 10.6. The van der Waals surface area contributed by atoms with Gasteiger partial charge in [-0.2, -0.15) is 4.99 Å². The van der Waals surface area contributed by atoms with Crippen molar-refractivity contribution in [3.63, 3.8) is 0 Å². The molecule has 3 aromatic carbocycles. The molecule has 16 heteroatoms. The van der Waals surface area contributed by atoms with E-state index in [0.717, 1.165) is 3.96 Å². The van der Waals surface area contributed by atoms with Crippen molar-refractivity contribution in [2.45, 2.75) is 0 Å². The lowest BCUT2D eigenvalue weighted by Crippen LogP contribution is -2.31. The molecule has 15 nitrogen and oxygen atoms in total. The van der Waals surface area contributed by atoms with E-state index in [-0.39, 0.29) is 4.80 Å². The van der Waals surface area contributed by atoms with Crippen LogP contribution in [-0.2, 0) is 0 Å². The number of rotatable bonds is 6. The summed E-state index contributed by atoms with van der Waals surface area (Å²) in [6, 6.07) is 16.6. The van der Waals surface area contributed by atoms with Crippen LogP contribution in [0.1, 0.15) is 0 Å². The molecular weight excluding hydrogens is 510 g/mol. The van der Waals surface area contributed by atoms with Crippen LogP contribution in [0.15, 0.2) is 82.6 Å². The number of carbonyl (C=O) groups excluding carboxylic acids is 1. The highest BCUT2D eigenvalue weighted by Gasteiger charge is 2.22. The number of aromatic nitrogens is 2. The summed E-state index contributed by atoms with van der Waals surface area (Å²) in [6.45, 7) is 0. The van der Waals surface area contributed by atoms with Crippen molar-refractivity contribution >= 4 is 40.3 Å². The molecule has 0 saturated carbocycles. The molecule has 0 fully saturated rings. The lowest BCUT2D eigenvalue weighted by molar-refractivity contribution is 0.259. The summed E-state index contributed by atoms with van der Waals surface area (Å²) in [5.41, 5.74) is -3.54. The van der Waals surface area contributed by atoms with E-state index in [1.165, 1.54) is 0 Å². The number of nitrogens with zero attached hydrogens (tertiary/aromatic N) is 6. The summed E-state index contributed by atoms with van der Waals surface area (Å²) in [6.07, 6.45) is 0. The molecule has 4 aromatic rings. The highest BCUT2D eigenvalue weighted by Crippen LogP contribution is 2.36. The summed E-state index contributed by atoms with van der Waals surface area (Å²) in [4.78, 5) is 29.7. The normalized spacial score (nSPS) is 11.4. The van der Waals surface area contributed by atoms with E-state index in [9.17, 15) is 40.8 Å². The topological polar surface area (TPSA) is 208 Å². The molecule has 4 rings (SSSR count). The van der Waals surface area contributed by atoms with Gasteiger partial charge >= 0.3 is 11.7 Å². The molecule has 0 aliphatic rings. The zero-order valence-corrected chi connectivity index (χ0v) is 19.2. The monoisotopic (exact) mass is 526 g/mol. The van der Waals surface area contributed by atoms with Crippen LogP contribution in [0.3, 0.4) is 0 Å². The standard InChI is InChI=1S/C21H16N7O8S/c29-19(22-13-7-3-1-4-8-13)23-20-24(21(30)25(37-20)14-9-5-2-6-10-14)18-16(27(33)34)11-15(26(31)32)12-17(18)28(35)36/h1-12,31,33,35H,(H,22,29)/q-3. The molecule has 0 aliphatic heterocycles. The van der Waals surface area contributed by atoms with Gasteiger partial charge in [0.05, 0.1) is 22.7 Å². The quantitative estimate of drug-likeness (QED) is 0.268. The van der Waals surface area contributed by atoms with Gasteiger partial charge < -0.3 is 36.6 Å². The highest BCUT2D eigenvalue weighted by molar-refractivity contribution is 7.03. The molecule has 0 saturated heterocycles. The minimum absolute atomic E-state index is 0.322. The summed E-state index contributed by atoms with van der Waals surface area (Å²) in [5, 5.41) is 64.2. The van der Waals surface area contributed by atoms with E-state index in [4.69, 9.17) is 0 Å². The molecule has 2 amide bonds. The minimum Gasteiger partial charge on any atom is -0.733 e. The van der Waals surface area contributed by atoms with Crippen molar-refractivity contribution in [2.75, 3.05) is 21.0 Å². The second-order valence-corrected chi connectivity index (χ2v) is 8.09. The van der Waals surface area contributed by atoms with E-state index < -0.39 is 50.1 Å². The smallest absolute Gasteiger partial charge is 0.349 e. The van der Waals surface area contributed by atoms with Crippen LogP contribution in [0.25, 0.3) is 11.4 Å². The van der Waals surface area contributed by atoms with E-state index in [1.54, 1.807) is 60.7 Å². The third-order valence-electron chi connectivity index (χ3n) is 4.85. The number of anilines is 4. The van der Waals surface area contributed by atoms with Crippen LogP contribution < -0.4 is 31.5 Å². The highest BCUT2D eigenvalue weighted by atomic mass is 32.1. The Hall–Kier alpha value is -4.55. The van der Waals surface area contributed by atoms with E-state index >= 15 is 0 Å². The SMILES string of the molecule is O=C(N=c1sn(-c2ccccc2)c(=O)n1-c1c(N([O-])O)cc(N([O-])O)cc1N([O-])O)Nc1ccccc1. The lowest BCUT2D eigenvalue weighted by atomic mass is 10.2. The molecule has 0 unspecified atom stereocenters. The molecule has 0 radical (unpaired) electrons. The first-order valence-electron chi connectivity index (χ1n) is 10.2. The summed E-state index contributed by atoms with van der Waals surface area (Å²) in [7, 11) is 0. The first kappa shape index (κ1) is 25.5. The number of urea groups is 1. The fraction of sp³-hybridized carbons (Fsp3) is 0. The molecule has 0 spiro atoms. The first-order valence-corrected chi connectivity index (χ1v) is 10.9. The molecule has 0 aliphatic carbocycles. The average Bonchev–Trinajstić information content (AvgIpc) is 3.19. The molecule has 4 N–H and O–H groups in total. The Morgan fingerprint density at radius 2 is 1.41 bits per heavy atom. The van der Waals surface area contributed by atoms with Gasteiger partial charge in [-0.05, 0) is 47.9 Å². The summed E-state index contributed by atoms with van der Waals surface area (Å²) in [5.74, 6) is 0. The van der Waals surface area contributed by atoms with E-state index in [2.05, 4.69) is 10.3 Å². The zero-order chi connectivity index (χ0) is 26.7. The largest absolute Gasteiger partial charge is 0.733 e. The van der Waals surface area contributed by atoms with Gasteiger partial charge in [-0.1, -0.05) is 36.4 Å². The Kier molecular flexibility index (Phi) is 7.32. The number of hydrogen-bond acceptors (Lipinski definition) is 12. The van der Waals surface area contributed by atoms with Gasteiger partial charge in [0, 0.05) is 5.69 Å². The van der Waals surface area contributed by atoms with E-state index in [1.807, 2.05) is 0 Å². The lowest BCUT2D eigenvalue weighted by Gasteiger charge is -2.33. The average molecular weight is 526 g/mol. The van der Waals surface area contributed by atoms with Gasteiger partial charge in [0.2, 0.25) is 4.80 Å². The molecule has 0 atom stereocenters. The number of carbonyl (C=O) groups is 1. The molecule has 1 aromatic heterocycles. The Labute approximate surface area is 210 Å². The summed E-state index contributed by atoms with van der Waals surface area (Å²) < 4.78 is 1.69. The van der Waals surface area contributed by atoms with Gasteiger partial charge in [-0.15, -0.1) is 0 Å². The van der Waals surface area contributed by atoms with E-state index in [0.29, 0.717) is 39.6 Å². The molecule has 37 heavy (non-hydrogen) atoms. The Morgan fingerprint density at radius 1 is 0.865 bits per heavy atom. The molecule has 0 bridgehead atoms. The number of benzene rings is 3. The van der Waals surface area contributed by atoms with Crippen LogP contribution in [0.5, 0.6) is 0 Å². The third kappa shape index (κ3) is 5.34. The summed E-state index contributed by atoms with van der Waals surface area (Å²) >= 11 is 0.638. The van der Waals surface area contributed by atoms with Crippen molar-refractivity contribution in [3.05, 3.63) is 104 Å². The minimum atomic E-state index is -0.954. The Balaban J connectivity index is 2.03. The van der Waals surface area contributed by atoms with Crippen molar-refractivity contribution in [3.8, 4) is 11.4 Å². The number of amides is 2. The van der Waals surface area contributed by atoms with Gasteiger partial charge in [0.25, 0.3) is 0 Å². The van der Waals surface area contributed by atoms with Crippen molar-refractivity contribution in [1.29, 1.82) is 0 Å². The zero-order valence-electron chi connectivity index (χ0n) is 18.4. The fourth-order valence-corrected chi connectivity index (χ4v) is 4.23. The van der Waals surface area contributed by atoms with Crippen LogP contribution in [-0.4, -0.2) is 30.2 Å². The maximum absolute atomic E-state index is 13.5. The maximum Gasteiger partial charge on any atom is 0.349 e. The van der Waals surface area contributed by atoms with Crippen molar-refractivity contribution < 1.29 is 20.4 Å². The van der Waals surface area contributed by atoms with Gasteiger partial charge in [-0.25, -0.2) is 18.1 Å². The second-order valence-electron chi connectivity index (χ2n) is 7.18. The van der Waals surface area contributed by atoms with Crippen LogP contribution in [0.2, 0.25) is 0 Å². The van der Waals surface area contributed by atoms with Crippen LogP contribution in [0.4, 0.5) is 27.5 Å². The predicted molar refractivity (Wildman–Crippen MR) is 133 cm³/mol. The van der Waals surface area contributed by atoms with Crippen LogP contribution in [0, 0.1) is 15.6 Å².